The summed E-state index contributed by atoms with van der Waals surface area (Å²) in [6.45, 7) is 4.51. The normalized spacial score (nSPS) is 10.4. The molecule has 0 saturated heterocycles. The van der Waals surface area contributed by atoms with Crippen molar-refractivity contribution in [3.63, 3.8) is 0 Å². The summed E-state index contributed by atoms with van der Waals surface area (Å²) in [7, 11) is 0. The Bertz CT molecular complexity index is 842. The maximum absolute atomic E-state index is 12.4. The quantitative estimate of drug-likeness (QED) is 0.740. The molecular weight excluding hydrogens is 302 g/mol. The van der Waals surface area contributed by atoms with Crippen LogP contribution in [0.4, 0.5) is 11.4 Å². The number of furan rings is 1. The summed E-state index contributed by atoms with van der Waals surface area (Å²) in [5.41, 5.74) is 4.09. The van der Waals surface area contributed by atoms with E-state index in [1.165, 1.54) is 0 Å². The van der Waals surface area contributed by atoms with Crippen LogP contribution in [0, 0.1) is 13.8 Å². The van der Waals surface area contributed by atoms with E-state index < -0.39 is 0 Å². The molecule has 3 rings (SSSR count). The lowest BCUT2D eigenvalue weighted by Crippen LogP contribution is -2.15. The molecule has 0 spiro atoms. The molecule has 5 heteroatoms. The number of carbonyl (C=O) groups excluding carboxylic acids is 1. The first-order valence-corrected chi connectivity index (χ1v) is 7.73. The molecule has 0 bridgehead atoms. The number of benzene rings is 1. The summed E-state index contributed by atoms with van der Waals surface area (Å²) < 4.78 is 5.28. The SMILES string of the molecule is Cc1ccc(C)c(NC(=O)c2cc(NCc3ccco3)ccn2)c1. The molecule has 24 heavy (non-hydrogen) atoms. The molecule has 122 valence electrons. The van der Waals surface area contributed by atoms with Crippen LogP contribution < -0.4 is 10.6 Å². The zero-order valence-electron chi connectivity index (χ0n) is 13.7. The van der Waals surface area contributed by atoms with Crippen LogP contribution in [0.25, 0.3) is 0 Å². The molecule has 2 heterocycles. The number of aryl methyl sites for hydroxylation is 2. The lowest BCUT2D eigenvalue weighted by Gasteiger charge is -2.10. The number of carbonyl (C=O) groups is 1. The average molecular weight is 321 g/mol. The van der Waals surface area contributed by atoms with Gasteiger partial charge in [-0.3, -0.25) is 9.78 Å². The Kier molecular flexibility index (Phi) is 4.61. The first-order valence-electron chi connectivity index (χ1n) is 7.73. The Balaban J connectivity index is 1.70. The van der Waals surface area contributed by atoms with Crippen LogP contribution in [0.15, 0.2) is 59.3 Å². The number of pyridine rings is 1. The van der Waals surface area contributed by atoms with Crippen LogP contribution in [-0.2, 0) is 6.54 Å². The Labute approximate surface area is 140 Å². The van der Waals surface area contributed by atoms with E-state index in [4.69, 9.17) is 4.42 Å². The number of anilines is 2. The molecule has 0 atom stereocenters. The molecule has 2 aromatic heterocycles. The maximum atomic E-state index is 12.4. The van der Waals surface area contributed by atoms with E-state index in [-0.39, 0.29) is 5.91 Å². The van der Waals surface area contributed by atoms with E-state index in [1.807, 2.05) is 50.2 Å². The summed E-state index contributed by atoms with van der Waals surface area (Å²) in [6.07, 6.45) is 3.25. The fourth-order valence-corrected chi connectivity index (χ4v) is 2.32. The van der Waals surface area contributed by atoms with Crippen molar-refractivity contribution in [2.75, 3.05) is 10.6 Å². The molecule has 0 fully saturated rings. The van der Waals surface area contributed by atoms with Gasteiger partial charge in [-0.2, -0.15) is 0 Å². The predicted octanol–water partition coefficient (Wildman–Crippen LogP) is 4.16. The van der Waals surface area contributed by atoms with Gasteiger partial charge in [-0.15, -0.1) is 0 Å². The van der Waals surface area contributed by atoms with Gasteiger partial charge in [0.05, 0.1) is 12.8 Å². The third-order valence-electron chi connectivity index (χ3n) is 3.68. The Morgan fingerprint density at radius 3 is 2.83 bits per heavy atom. The number of nitrogens with zero attached hydrogens (tertiary/aromatic N) is 1. The van der Waals surface area contributed by atoms with Gasteiger partial charge in [0.15, 0.2) is 0 Å². The first kappa shape index (κ1) is 15.8. The summed E-state index contributed by atoms with van der Waals surface area (Å²) in [4.78, 5) is 16.6. The van der Waals surface area contributed by atoms with Gasteiger partial charge >= 0.3 is 0 Å². The molecule has 0 saturated carbocycles. The van der Waals surface area contributed by atoms with E-state index in [0.717, 1.165) is 28.3 Å². The van der Waals surface area contributed by atoms with E-state index >= 15 is 0 Å². The van der Waals surface area contributed by atoms with Crippen LogP contribution in [0.5, 0.6) is 0 Å². The fraction of sp³-hybridized carbons (Fsp3) is 0.158. The lowest BCUT2D eigenvalue weighted by molar-refractivity contribution is 0.102. The van der Waals surface area contributed by atoms with Gasteiger partial charge in [-0.25, -0.2) is 0 Å². The molecule has 5 nitrogen and oxygen atoms in total. The second-order valence-corrected chi connectivity index (χ2v) is 5.64. The van der Waals surface area contributed by atoms with E-state index in [1.54, 1.807) is 18.5 Å². The topological polar surface area (TPSA) is 67.2 Å². The molecule has 2 N–H and O–H groups in total. The number of rotatable bonds is 5. The Morgan fingerprint density at radius 1 is 1.17 bits per heavy atom. The largest absolute Gasteiger partial charge is 0.467 e. The van der Waals surface area contributed by atoms with Crippen molar-refractivity contribution in [3.8, 4) is 0 Å². The van der Waals surface area contributed by atoms with E-state index in [0.29, 0.717) is 12.2 Å². The number of hydrogen-bond donors (Lipinski definition) is 2. The van der Waals surface area contributed by atoms with Crippen LogP contribution in [0.1, 0.15) is 27.4 Å². The molecule has 0 aliphatic rings. The fourth-order valence-electron chi connectivity index (χ4n) is 2.32. The zero-order chi connectivity index (χ0) is 16.9. The number of hydrogen-bond acceptors (Lipinski definition) is 4. The molecule has 1 aromatic carbocycles. The molecular formula is C19H19N3O2. The number of nitrogens with one attached hydrogen (secondary N) is 2. The highest BCUT2D eigenvalue weighted by Gasteiger charge is 2.10. The summed E-state index contributed by atoms with van der Waals surface area (Å²) >= 11 is 0. The zero-order valence-corrected chi connectivity index (χ0v) is 13.7. The minimum atomic E-state index is -0.231. The molecule has 0 radical (unpaired) electrons. The van der Waals surface area contributed by atoms with Crippen molar-refractivity contribution in [1.29, 1.82) is 0 Å². The van der Waals surface area contributed by atoms with Gasteiger partial charge in [0, 0.05) is 17.6 Å². The van der Waals surface area contributed by atoms with Crippen molar-refractivity contribution in [1.82, 2.24) is 4.98 Å². The summed E-state index contributed by atoms with van der Waals surface area (Å²) in [5, 5.41) is 6.13. The average Bonchev–Trinajstić information content (AvgIpc) is 3.10. The first-order chi connectivity index (χ1) is 11.6. The van der Waals surface area contributed by atoms with Gasteiger partial charge in [0.2, 0.25) is 0 Å². The van der Waals surface area contributed by atoms with Gasteiger partial charge < -0.3 is 15.1 Å². The monoisotopic (exact) mass is 321 g/mol. The third-order valence-corrected chi connectivity index (χ3v) is 3.68. The van der Waals surface area contributed by atoms with Crippen LogP contribution in [-0.4, -0.2) is 10.9 Å². The molecule has 0 aliphatic carbocycles. The summed E-state index contributed by atoms with van der Waals surface area (Å²) in [6, 6.07) is 13.2. The highest BCUT2D eigenvalue weighted by Crippen LogP contribution is 2.18. The molecule has 0 aliphatic heterocycles. The smallest absolute Gasteiger partial charge is 0.274 e. The minimum absolute atomic E-state index is 0.231. The van der Waals surface area contributed by atoms with Crippen molar-refractivity contribution < 1.29 is 9.21 Å². The second kappa shape index (κ2) is 7.00. The van der Waals surface area contributed by atoms with Crippen LogP contribution in [0.2, 0.25) is 0 Å². The van der Waals surface area contributed by atoms with Crippen molar-refractivity contribution in [3.05, 3.63) is 77.5 Å². The standard InChI is InChI=1S/C19H19N3O2/c1-13-5-6-14(2)17(10-13)22-19(23)18-11-15(7-8-20-18)21-12-16-4-3-9-24-16/h3-11H,12H2,1-2H3,(H,20,21)(H,22,23). The Hall–Kier alpha value is -3.08. The minimum Gasteiger partial charge on any atom is -0.467 e. The van der Waals surface area contributed by atoms with Crippen LogP contribution >= 0.6 is 0 Å². The van der Waals surface area contributed by atoms with Crippen molar-refractivity contribution >= 4 is 17.3 Å². The highest BCUT2D eigenvalue weighted by atomic mass is 16.3. The van der Waals surface area contributed by atoms with Gasteiger partial charge in [0.25, 0.3) is 5.91 Å². The highest BCUT2D eigenvalue weighted by molar-refractivity contribution is 6.03. The maximum Gasteiger partial charge on any atom is 0.274 e. The van der Waals surface area contributed by atoms with Crippen molar-refractivity contribution in [2.45, 2.75) is 20.4 Å². The van der Waals surface area contributed by atoms with Gasteiger partial charge in [0.1, 0.15) is 11.5 Å². The Morgan fingerprint density at radius 2 is 2.04 bits per heavy atom. The third kappa shape index (κ3) is 3.81. The predicted molar refractivity (Wildman–Crippen MR) is 94.1 cm³/mol. The second-order valence-electron chi connectivity index (χ2n) is 5.64. The van der Waals surface area contributed by atoms with E-state index in [9.17, 15) is 4.79 Å². The lowest BCUT2D eigenvalue weighted by atomic mass is 10.1. The summed E-state index contributed by atoms with van der Waals surface area (Å²) in [5.74, 6) is 0.596. The van der Waals surface area contributed by atoms with Crippen molar-refractivity contribution in [2.24, 2.45) is 0 Å². The number of amides is 1. The van der Waals surface area contributed by atoms with E-state index in [2.05, 4.69) is 15.6 Å². The molecule has 1 amide bonds. The molecule has 0 unspecified atom stereocenters. The van der Waals surface area contributed by atoms with Gasteiger partial charge in [-0.1, -0.05) is 12.1 Å². The van der Waals surface area contributed by atoms with Crippen LogP contribution in [0.3, 0.4) is 0 Å². The molecule has 3 aromatic rings. The number of aromatic nitrogens is 1. The van der Waals surface area contributed by atoms with Gasteiger partial charge in [-0.05, 0) is 55.3 Å².